The van der Waals surface area contributed by atoms with Gasteiger partial charge >= 0.3 is 0 Å². The molecule has 1 amide bonds. The first-order valence-corrected chi connectivity index (χ1v) is 9.57. The Morgan fingerprint density at radius 3 is 2.72 bits per heavy atom. The Kier molecular flexibility index (Phi) is 4.59. The van der Waals surface area contributed by atoms with Gasteiger partial charge < -0.3 is 10.2 Å². The molecule has 0 bridgehead atoms. The lowest BCUT2D eigenvalue weighted by molar-refractivity contribution is 0.0955. The second-order valence-electron chi connectivity index (χ2n) is 6.14. The summed E-state index contributed by atoms with van der Waals surface area (Å²) in [4.78, 5) is 19.8. The van der Waals surface area contributed by atoms with Crippen molar-refractivity contribution in [2.75, 3.05) is 18.0 Å². The average molecular weight is 372 g/mol. The Bertz CT molecular complexity index is 901. The summed E-state index contributed by atoms with van der Waals surface area (Å²) in [5, 5.41) is 4.39. The molecular weight excluding hydrogens is 354 g/mol. The second-order valence-corrected chi connectivity index (χ2v) is 7.57. The Morgan fingerprint density at radius 2 is 2.00 bits per heavy atom. The van der Waals surface area contributed by atoms with Crippen molar-refractivity contribution in [1.82, 2.24) is 10.3 Å². The number of benzene rings is 1. The fraction of sp³-hybridized carbons (Fsp3) is 0.263. The summed E-state index contributed by atoms with van der Waals surface area (Å²) >= 11 is 7.78. The van der Waals surface area contributed by atoms with Gasteiger partial charge in [-0.25, -0.2) is 4.98 Å². The van der Waals surface area contributed by atoms with Crippen molar-refractivity contribution < 1.29 is 4.79 Å². The lowest BCUT2D eigenvalue weighted by Crippen LogP contribution is -2.22. The van der Waals surface area contributed by atoms with Gasteiger partial charge in [0.15, 0.2) is 0 Å². The Hall–Kier alpha value is -2.11. The Labute approximate surface area is 155 Å². The molecule has 2 aromatic heterocycles. The van der Waals surface area contributed by atoms with Crippen molar-refractivity contribution in [3.05, 3.63) is 58.1 Å². The predicted octanol–water partition coefficient (Wildman–Crippen LogP) is 4.48. The van der Waals surface area contributed by atoms with Crippen molar-refractivity contribution in [1.29, 1.82) is 0 Å². The van der Waals surface area contributed by atoms with Crippen LogP contribution in [0.1, 0.15) is 28.1 Å². The molecule has 3 aromatic rings. The van der Waals surface area contributed by atoms with Gasteiger partial charge in [0.25, 0.3) is 5.91 Å². The van der Waals surface area contributed by atoms with E-state index in [0.717, 1.165) is 34.6 Å². The monoisotopic (exact) mass is 371 g/mol. The summed E-state index contributed by atoms with van der Waals surface area (Å²) in [6.45, 7) is 2.59. The SMILES string of the molecule is O=C(NCc1ccc(N2CCCC2)nc1)c1sc2ccccc2c1Cl. The van der Waals surface area contributed by atoms with E-state index in [1.165, 1.54) is 24.2 Å². The lowest BCUT2D eigenvalue weighted by atomic mass is 10.2. The molecule has 128 valence electrons. The van der Waals surface area contributed by atoms with Crippen molar-refractivity contribution in [2.24, 2.45) is 0 Å². The van der Waals surface area contributed by atoms with Crippen LogP contribution in [0.3, 0.4) is 0 Å². The molecule has 0 atom stereocenters. The third-order valence-electron chi connectivity index (χ3n) is 4.43. The first kappa shape index (κ1) is 16.4. The van der Waals surface area contributed by atoms with E-state index in [2.05, 4.69) is 15.2 Å². The van der Waals surface area contributed by atoms with E-state index in [4.69, 9.17) is 11.6 Å². The van der Waals surface area contributed by atoms with E-state index >= 15 is 0 Å². The van der Waals surface area contributed by atoms with Crippen LogP contribution >= 0.6 is 22.9 Å². The minimum absolute atomic E-state index is 0.144. The molecular formula is C19H18ClN3OS. The summed E-state index contributed by atoms with van der Waals surface area (Å²) in [5.74, 6) is 0.870. The van der Waals surface area contributed by atoms with Gasteiger partial charge in [-0.2, -0.15) is 0 Å². The van der Waals surface area contributed by atoms with Gasteiger partial charge in [0.05, 0.1) is 5.02 Å². The smallest absolute Gasteiger partial charge is 0.263 e. The van der Waals surface area contributed by atoms with Crippen molar-refractivity contribution in [3.8, 4) is 0 Å². The number of carbonyl (C=O) groups excluding carboxylic acids is 1. The van der Waals surface area contributed by atoms with Crippen LogP contribution in [-0.2, 0) is 6.54 Å². The molecule has 0 saturated carbocycles. The highest BCUT2D eigenvalue weighted by atomic mass is 35.5. The van der Waals surface area contributed by atoms with Gasteiger partial charge in [0.2, 0.25) is 0 Å². The van der Waals surface area contributed by atoms with E-state index in [1.807, 2.05) is 42.6 Å². The highest BCUT2D eigenvalue weighted by Gasteiger charge is 2.17. The third kappa shape index (κ3) is 3.34. The Morgan fingerprint density at radius 1 is 1.20 bits per heavy atom. The first-order valence-electron chi connectivity index (χ1n) is 8.37. The number of thiophene rings is 1. The third-order valence-corrected chi connectivity index (χ3v) is 6.11. The lowest BCUT2D eigenvalue weighted by Gasteiger charge is -2.16. The zero-order valence-corrected chi connectivity index (χ0v) is 15.2. The number of carbonyl (C=O) groups is 1. The van der Waals surface area contributed by atoms with Crippen LogP contribution in [-0.4, -0.2) is 24.0 Å². The zero-order valence-electron chi connectivity index (χ0n) is 13.7. The van der Waals surface area contributed by atoms with Crippen LogP contribution < -0.4 is 10.2 Å². The molecule has 25 heavy (non-hydrogen) atoms. The predicted molar refractivity (Wildman–Crippen MR) is 104 cm³/mol. The molecule has 1 aromatic carbocycles. The number of fused-ring (bicyclic) bond motifs is 1. The molecule has 0 spiro atoms. The maximum Gasteiger partial charge on any atom is 0.263 e. The number of hydrogen-bond donors (Lipinski definition) is 1. The van der Waals surface area contributed by atoms with Gasteiger partial charge in [0.1, 0.15) is 10.7 Å². The van der Waals surface area contributed by atoms with Crippen molar-refractivity contribution in [3.63, 3.8) is 0 Å². The van der Waals surface area contributed by atoms with Crippen LogP contribution in [0.5, 0.6) is 0 Å². The molecule has 1 saturated heterocycles. The molecule has 1 aliphatic rings. The van der Waals surface area contributed by atoms with Crippen LogP contribution in [0.2, 0.25) is 5.02 Å². The molecule has 0 radical (unpaired) electrons. The van der Waals surface area contributed by atoms with Crippen molar-refractivity contribution in [2.45, 2.75) is 19.4 Å². The summed E-state index contributed by atoms with van der Waals surface area (Å²) in [6, 6.07) is 11.8. The normalized spacial score (nSPS) is 14.2. The maximum atomic E-state index is 12.5. The highest BCUT2D eigenvalue weighted by molar-refractivity contribution is 7.21. The second kappa shape index (κ2) is 7.02. The number of halogens is 1. The zero-order chi connectivity index (χ0) is 17.2. The molecule has 1 N–H and O–H groups in total. The first-order chi connectivity index (χ1) is 12.2. The number of rotatable bonds is 4. The topological polar surface area (TPSA) is 45.2 Å². The van der Waals surface area contributed by atoms with Crippen LogP contribution in [0.25, 0.3) is 10.1 Å². The van der Waals surface area contributed by atoms with Crippen molar-refractivity contribution >= 4 is 44.7 Å². The number of amides is 1. The van der Waals surface area contributed by atoms with Crippen LogP contribution in [0, 0.1) is 0 Å². The summed E-state index contributed by atoms with van der Waals surface area (Å²) in [7, 11) is 0. The molecule has 4 rings (SSSR count). The van der Waals surface area contributed by atoms with E-state index in [-0.39, 0.29) is 5.91 Å². The fourth-order valence-corrected chi connectivity index (χ4v) is 4.51. The van der Waals surface area contributed by atoms with E-state index < -0.39 is 0 Å². The van der Waals surface area contributed by atoms with Gasteiger partial charge in [-0.15, -0.1) is 11.3 Å². The summed E-state index contributed by atoms with van der Waals surface area (Å²) in [6.07, 6.45) is 4.30. The van der Waals surface area contributed by atoms with Crippen LogP contribution in [0.15, 0.2) is 42.6 Å². The molecule has 0 unspecified atom stereocenters. The number of nitrogens with zero attached hydrogens (tertiary/aromatic N) is 2. The summed E-state index contributed by atoms with van der Waals surface area (Å²) in [5.41, 5.74) is 0.980. The molecule has 6 heteroatoms. The molecule has 1 aliphatic heterocycles. The number of anilines is 1. The largest absolute Gasteiger partial charge is 0.357 e. The quantitative estimate of drug-likeness (QED) is 0.735. The molecule has 3 heterocycles. The van der Waals surface area contributed by atoms with E-state index in [1.54, 1.807) is 0 Å². The van der Waals surface area contributed by atoms with E-state index in [9.17, 15) is 4.79 Å². The average Bonchev–Trinajstić information content (AvgIpc) is 3.29. The number of hydrogen-bond acceptors (Lipinski definition) is 4. The fourth-order valence-electron chi connectivity index (χ4n) is 3.08. The molecule has 0 aliphatic carbocycles. The number of aromatic nitrogens is 1. The molecule has 4 nitrogen and oxygen atoms in total. The standard InChI is InChI=1S/C19H18ClN3OS/c20-17-14-5-1-2-6-15(14)25-18(17)19(24)22-12-13-7-8-16(21-11-13)23-9-3-4-10-23/h1-2,5-8,11H,3-4,9-10,12H2,(H,22,24). The summed E-state index contributed by atoms with van der Waals surface area (Å²) < 4.78 is 1.02. The van der Waals surface area contributed by atoms with Gasteiger partial charge in [-0.05, 0) is 30.5 Å². The number of pyridine rings is 1. The minimum atomic E-state index is -0.144. The van der Waals surface area contributed by atoms with Gasteiger partial charge in [-0.1, -0.05) is 35.9 Å². The minimum Gasteiger partial charge on any atom is -0.357 e. The van der Waals surface area contributed by atoms with Gasteiger partial charge in [0, 0.05) is 35.9 Å². The van der Waals surface area contributed by atoms with Gasteiger partial charge in [-0.3, -0.25) is 4.79 Å². The van der Waals surface area contributed by atoms with Crippen LogP contribution in [0.4, 0.5) is 5.82 Å². The molecule has 1 fully saturated rings. The van der Waals surface area contributed by atoms with E-state index in [0.29, 0.717) is 16.4 Å². The highest BCUT2D eigenvalue weighted by Crippen LogP contribution is 2.35. The Balaban J connectivity index is 1.43. The number of nitrogens with one attached hydrogen (secondary N) is 1. The maximum absolute atomic E-state index is 12.5.